The van der Waals surface area contributed by atoms with Crippen LogP contribution in [0.4, 0.5) is 9.93 Å². The van der Waals surface area contributed by atoms with Gasteiger partial charge in [-0.25, -0.2) is 23.2 Å². The van der Waals surface area contributed by atoms with Gasteiger partial charge in [0.05, 0.1) is 19.1 Å². The van der Waals surface area contributed by atoms with Gasteiger partial charge in [-0.05, 0) is 49.3 Å². The van der Waals surface area contributed by atoms with Crippen LogP contribution in [0.5, 0.6) is 5.75 Å². The summed E-state index contributed by atoms with van der Waals surface area (Å²) in [6.45, 7) is 3.69. The van der Waals surface area contributed by atoms with E-state index in [-0.39, 0.29) is 17.1 Å². The molecule has 1 unspecified atom stereocenters. The molecule has 1 aliphatic carbocycles. The van der Waals surface area contributed by atoms with Crippen LogP contribution in [0.1, 0.15) is 62.8 Å². The van der Waals surface area contributed by atoms with Crippen LogP contribution >= 0.6 is 11.3 Å². The van der Waals surface area contributed by atoms with E-state index in [4.69, 9.17) is 9.72 Å². The number of rotatable bonds is 8. The predicted octanol–water partition coefficient (Wildman–Crippen LogP) is 4.99. The van der Waals surface area contributed by atoms with Crippen LogP contribution in [0.25, 0.3) is 11.3 Å². The lowest BCUT2D eigenvalue weighted by Gasteiger charge is -2.40. The van der Waals surface area contributed by atoms with Crippen molar-refractivity contribution in [3.8, 4) is 17.0 Å². The van der Waals surface area contributed by atoms with Crippen LogP contribution < -0.4 is 10.1 Å². The lowest BCUT2D eigenvalue weighted by atomic mass is 9.83. The first-order chi connectivity index (χ1) is 21.3. The molecule has 1 atom stereocenters. The highest BCUT2D eigenvalue weighted by Crippen LogP contribution is 2.39. The number of hydrogen-bond acceptors (Lipinski definition) is 8. The lowest BCUT2D eigenvalue weighted by Crippen LogP contribution is -2.55. The van der Waals surface area contributed by atoms with E-state index in [1.165, 1.54) is 55.3 Å². The van der Waals surface area contributed by atoms with E-state index in [1.54, 1.807) is 29.2 Å². The van der Waals surface area contributed by atoms with Crippen LogP contribution in [0.15, 0.2) is 41.1 Å². The summed E-state index contributed by atoms with van der Waals surface area (Å²) in [4.78, 5) is 26.1. The van der Waals surface area contributed by atoms with E-state index in [0.717, 1.165) is 36.3 Å². The normalized spacial score (nSPS) is 21.0. The molecular weight excluding hydrogens is 599 g/mol. The van der Waals surface area contributed by atoms with Gasteiger partial charge in [0, 0.05) is 69.5 Å². The molecule has 238 valence electrons. The number of methoxy groups -OCH3 is 1. The Balaban J connectivity index is 1.04. The molecule has 6 rings (SSSR count). The first-order valence-electron chi connectivity index (χ1n) is 15.7. The lowest BCUT2D eigenvalue weighted by molar-refractivity contribution is 0.116. The molecule has 13 heteroatoms. The van der Waals surface area contributed by atoms with Gasteiger partial charge < -0.3 is 14.2 Å². The Kier molecular flexibility index (Phi) is 9.55. The first kappa shape index (κ1) is 31.0. The van der Waals surface area contributed by atoms with Gasteiger partial charge in [0.15, 0.2) is 10.2 Å². The van der Waals surface area contributed by atoms with Gasteiger partial charge in [0.1, 0.15) is 5.75 Å². The number of ether oxygens (including phenoxy) is 1. The quantitative estimate of drug-likeness (QED) is 0.369. The highest BCUT2D eigenvalue weighted by Gasteiger charge is 2.36. The number of amides is 2. The Morgan fingerprint density at radius 3 is 2.55 bits per heavy atom. The minimum atomic E-state index is -3.64. The first-order valence-corrected chi connectivity index (χ1v) is 18.1. The Morgan fingerprint density at radius 1 is 1.05 bits per heavy atom. The summed E-state index contributed by atoms with van der Waals surface area (Å²) < 4.78 is 35.6. The number of aryl methyl sites for hydroxylation is 1. The van der Waals surface area contributed by atoms with E-state index >= 15 is 0 Å². The molecule has 2 aliphatic heterocycles. The standard InChI is InChI=1S/C31H43N7O4S2/c1-35-20-29(32-22-35)44(40,41)38-13-7-6-10-25(38)19-36-14-16-37(17-15-36)31(39)34-30-33-27(21-43-30)26-18-24(11-12-28(26)42-2)23-8-4-3-5-9-23/h11-12,18,20-23,25H,3-10,13-17,19H2,1-2H3,(H,33,34,39). The third-order valence-corrected chi connectivity index (χ3v) is 11.8. The van der Waals surface area contributed by atoms with Crippen molar-refractivity contribution in [2.45, 2.75) is 68.4 Å². The van der Waals surface area contributed by atoms with E-state index in [9.17, 15) is 13.2 Å². The zero-order chi connectivity index (χ0) is 30.7. The van der Waals surface area contributed by atoms with Gasteiger partial charge >= 0.3 is 6.03 Å². The second-order valence-electron chi connectivity index (χ2n) is 12.2. The number of nitrogens with one attached hydrogen (secondary N) is 1. The molecule has 4 heterocycles. The molecule has 0 bridgehead atoms. The second kappa shape index (κ2) is 13.6. The fraction of sp³-hybridized carbons (Fsp3) is 0.581. The predicted molar refractivity (Wildman–Crippen MR) is 172 cm³/mol. The van der Waals surface area contributed by atoms with Gasteiger partial charge in [0.25, 0.3) is 10.0 Å². The van der Waals surface area contributed by atoms with Crippen LogP contribution in [-0.2, 0) is 17.1 Å². The fourth-order valence-corrected chi connectivity index (χ4v) is 9.14. The van der Waals surface area contributed by atoms with E-state index in [0.29, 0.717) is 50.3 Å². The molecule has 3 fully saturated rings. The summed E-state index contributed by atoms with van der Waals surface area (Å²) in [6.07, 6.45) is 12.1. The molecule has 1 saturated carbocycles. The SMILES string of the molecule is COc1ccc(C2CCCCC2)cc1-c1csc(NC(=O)N2CCN(CC3CCCCN3S(=O)(=O)c3cn(C)cn3)CC2)n1. The number of aromatic nitrogens is 3. The van der Waals surface area contributed by atoms with Gasteiger partial charge in [-0.2, -0.15) is 4.31 Å². The number of carbonyl (C=O) groups is 1. The minimum absolute atomic E-state index is 0.0986. The number of nitrogens with zero attached hydrogens (tertiary/aromatic N) is 6. The molecule has 3 aromatic rings. The van der Waals surface area contributed by atoms with Crippen molar-refractivity contribution in [3.05, 3.63) is 41.7 Å². The van der Waals surface area contributed by atoms with Crippen molar-refractivity contribution in [1.29, 1.82) is 0 Å². The van der Waals surface area contributed by atoms with Crippen LogP contribution in [-0.4, -0.2) is 95.5 Å². The van der Waals surface area contributed by atoms with Crippen molar-refractivity contribution < 1.29 is 17.9 Å². The molecule has 11 nitrogen and oxygen atoms in total. The van der Waals surface area contributed by atoms with Crippen molar-refractivity contribution in [3.63, 3.8) is 0 Å². The smallest absolute Gasteiger partial charge is 0.323 e. The monoisotopic (exact) mass is 641 g/mol. The van der Waals surface area contributed by atoms with Crippen molar-refractivity contribution in [2.75, 3.05) is 51.7 Å². The third kappa shape index (κ3) is 6.80. The number of piperidine rings is 1. The molecule has 44 heavy (non-hydrogen) atoms. The number of urea groups is 1. The molecular formula is C31H43N7O4S2. The third-order valence-electron chi connectivity index (χ3n) is 9.25. The second-order valence-corrected chi connectivity index (χ2v) is 14.9. The largest absolute Gasteiger partial charge is 0.496 e. The highest BCUT2D eigenvalue weighted by atomic mass is 32.2. The van der Waals surface area contributed by atoms with E-state index in [1.807, 2.05) is 16.3 Å². The molecule has 0 radical (unpaired) electrons. The number of imidazole rings is 1. The number of carbonyl (C=O) groups excluding carboxylic acids is 1. The Hall–Kier alpha value is -3.00. The number of piperazine rings is 1. The number of thiazole rings is 1. The maximum Gasteiger partial charge on any atom is 0.323 e. The van der Waals surface area contributed by atoms with E-state index in [2.05, 4.69) is 27.3 Å². The summed E-state index contributed by atoms with van der Waals surface area (Å²) >= 11 is 1.42. The van der Waals surface area contributed by atoms with Gasteiger partial charge in [0.2, 0.25) is 0 Å². The summed E-state index contributed by atoms with van der Waals surface area (Å²) in [6, 6.07) is 6.17. The van der Waals surface area contributed by atoms with Gasteiger partial charge in [-0.3, -0.25) is 10.2 Å². The molecule has 2 aromatic heterocycles. The zero-order valence-corrected chi connectivity index (χ0v) is 27.3. The van der Waals surface area contributed by atoms with E-state index < -0.39 is 10.0 Å². The summed E-state index contributed by atoms with van der Waals surface area (Å²) in [5, 5.41) is 5.65. The summed E-state index contributed by atoms with van der Waals surface area (Å²) in [7, 11) is -0.191. The minimum Gasteiger partial charge on any atom is -0.496 e. The maximum atomic E-state index is 13.3. The number of hydrogen-bond donors (Lipinski definition) is 1. The van der Waals surface area contributed by atoms with Crippen LogP contribution in [0.2, 0.25) is 0 Å². The average molecular weight is 642 g/mol. The molecule has 0 spiro atoms. The number of sulfonamides is 1. The van der Waals surface area contributed by atoms with Crippen LogP contribution in [0, 0.1) is 0 Å². The number of anilines is 1. The topological polar surface area (TPSA) is 113 Å². The van der Waals surface area contributed by atoms with Crippen molar-refractivity contribution in [1.82, 2.24) is 28.6 Å². The Morgan fingerprint density at radius 2 is 1.82 bits per heavy atom. The van der Waals surface area contributed by atoms with Crippen molar-refractivity contribution in [2.24, 2.45) is 7.05 Å². The maximum absolute atomic E-state index is 13.3. The highest BCUT2D eigenvalue weighted by molar-refractivity contribution is 7.89. The van der Waals surface area contributed by atoms with Crippen LogP contribution in [0.3, 0.4) is 0 Å². The molecule has 3 aliphatic rings. The molecule has 1 N–H and O–H groups in total. The Labute approximate surface area is 264 Å². The summed E-state index contributed by atoms with van der Waals surface area (Å²) in [5.41, 5.74) is 3.10. The van der Waals surface area contributed by atoms with Crippen molar-refractivity contribution >= 4 is 32.5 Å². The summed E-state index contributed by atoms with van der Waals surface area (Å²) in [5.74, 6) is 1.37. The zero-order valence-electron chi connectivity index (χ0n) is 25.7. The average Bonchev–Trinajstić information content (AvgIpc) is 3.71. The number of benzene rings is 1. The molecule has 2 amide bonds. The van der Waals surface area contributed by atoms with Gasteiger partial charge in [-0.1, -0.05) is 31.7 Å². The molecule has 2 saturated heterocycles. The Bertz CT molecular complexity index is 1540. The fourth-order valence-electron chi connectivity index (χ4n) is 6.79. The van der Waals surface area contributed by atoms with Gasteiger partial charge in [-0.15, -0.1) is 11.3 Å². The molecule has 1 aromatic carbocycles.